The monoisotopic (exact) mass is 228 g/mol. The van der Waals surface area contributed by atoms with Crippen molar-refractivity contribution < 1.29 is 9.47 Å². The quantitative estimate of drug-likeness (QED) is 0.572. The molecule has 0 atom stereocenters. The Balaban J connectivity index is 2.45. The van der Waals surface area contributed by atoms with Crippen LogP contribution >= 0.6 is 0 Å². The van der Waals surface area contributed by atoms with Gasteiger partial charge in [-0.2, -0.15) is 0 Å². The fourth-order valence-electron chi connectivity index (χ4n) is 1.04. The van der Waals surface area contributed by atoms with Crippen LogP contribution in [0.4, 0.5) is 0 Å². The van der Waals surface area contributed by atoms with Crippen LogP contribution in [0.5, 0.6) is 11.5 Å². The van der Waals surface area contributed by atoms with E-state index in [1.807, 2.05) is 12.1 Å². The molecule has 1 aromatic carbocycles. The van der Waals surface area contributed by atoms with E-state index in [-0.39, 0.29) is 6.79 Å². The van der Waals surface area contributed by atoms with Gasteiger partial charge >= 0.3 is 77.6 Å². The first-order valence-electron chi connectivity index (χ1n) is 3.43. The number of ether oxygens (including phenoxy) is 2. The molecule has 2 rings (SSSR count). The first kappa shape index (κ1) is 7.65. The summed E-state index contributed by atoms with van der Waals surface area (Å²) < 4.78 is 10.7. The van der Waals surface area contributed by atoms with Crippen molar-refractivity contribution in [2.75, 3.05) is 6.79 Å². The van der Waals surface area contributed by atoms with Crippen LogP contribution in [0.3, 0.4) is 0 Å². The van der Waals surface area contributed by atoms with Gasteiger partial charge in [-0.15, -0.1) is 0 Å². The summed E-state index contributed by atoms with van der Waals surface area (Å²) in [6.07, 6.45) is 0. The predicted molar refractivity (Wildman–Crippen MR) is 45.1 cm³/mol. The second kappa shape index (κ2) is 2.81. The second-order valence-electron chi connectivity index (χ2n) is 2.40. The molecule has 4 heteroatoms. The first-order valence-corrected chi connectivity index (χ1v) is 4.28. The normalized spacial score (nSPS) is 13.0. The molecule has 1 heterocycles. The number of benzene rings is 1. The van der Waals surface area contributed by atoms with Gasteiger partial charge in [0, 0.05) is 0 Å². The summed E-state index contributed by atoms with van der Waals surface area (Å²) in [6.45, 7) is 0.277. The molecule has 0 saturated heterocycles. The Morgan fingerprint density at radius 1 is 1.33 bits per heavy atom. The van der Waals surface area contributed by atoms with Gasteiger partial charge in [0.05, 0.1) is 0 Å². The molecule has 1 N–H and O–H groups in total. The Morgan fingerprint density at radius 3 is 2.83 bits per heavy atom. The zero-order valence-corrected chi connectivity index (χ0v) is 7.88. The molecule has 3 nitrogen and oxygen atoms in total. The van der Waals surface area contributed by atoms with Crippen LogP contribution in [0.1, 0.15) is 5.56 Å². The van der Waals surface area contributed by atoms with Crippen molar-refractivity contribution in [3.05, 3.63) is 23.8 Å². The molecule has 0 saturated carbocycles. The van der Waals surface area contributed by atoms with Gasteiger partial charge in [0.2, 0.25) is 0 Å². The van der Waals surface area contributed by atoms with E-state index in [9.17, 15) is 0 Å². The van der Waals surface area contributed by atoms with E-state index in [1.165, 1.54) is 0 Å². The van der Waals surface area contributed by atoms with E-state index < -0.39 is 0 Å². The summed E-state index contributed by atoms with van der Waals surface area (Å²) >= 11 is 2.63. The molecule has 1 aromatic rings. The van der Waals surface area contributed by atoms with Gasteiger partial charge in [0.15, 0.2) is 0 Å². The van der Waals surface area contributed by atoms with Gasteiger partial charge in [-0.05, 0) is 0 Å². The summed E-state index contributed by atoms with van der Waals surface area (Å²) in [5.74, 6) is 1.47. The van der Waals surface area contributed by atoms with Crippen LogP contribution in [0.2, 0.25) is 0 Å². The van der Waals surface area contributed by atoms with Crippen LogP contribution in [0.15, 0.2) is 18.2 Å². The number of rotatable bonds is 1. The molecule has 1 radical (unpaired) electrons. The Kier molecular flexibility index (Phi) is 1.79. The summed E-state index contributed by atoms with van der Waals surface area (Å²) in [5, 5.41) is 7.35. The number of hydrogen-bond donors (Lipinski definition) is 1. The minimum atomic E-state index is 0.277. The Hall–Kier alpha value is -0.991. The summed E-state index contributed by atoms with van der Waals surface area (Å²) in [6, 6.07) is 5.43. The Labute approximate surface area is 78.0 Å². The van der Waals surface area contributed by atoms with E-state index in [4.69, 9.17) is 14.9 Å². The van der Waals surface area contributed by atoms with Gasteiger partial charge in [0.1, 0.15) is 0 Å². The zero-order chi connectivity index (χ0) is 8.55. The molecule has 0 bridgehead atoms. The fraction of sp³-hybridized carbons (Fsp3) is 0.125. The maximum atomic E-state index is 7.35. The van der Waals surface area contributed by atoms with E-state index in [2.05, 4.69) is 16.0 Å². The van der Waals surface area contributed by atoms with E-state index in [0.717, 1.165) is 11.3 Å². The van der Waals surface area contributed by atoms with Crippen LogP contribution < -0.4 is 9.47 Å². The van der Waals surface area contributed by atoms with Crippen LogP contribution in [-0.2, 0) is 0 Å². The summed E-state index contributed by atoms with van der Waals surface area (Å²) in [7, 11) is 0. The van der Waals surface area contributed by atoms with E-state index in [0.29, 0.717) is 10.4 Å². The van der Waals surface area contributed by atoms with Gasteiger partial charge < -0.3 is 0 Å². The van der Waals surface area contributed by atoms with Crippen LogP contribution in [-0.4, -0.2) is 27.4 Å². The van der Waals surface area contributed by atoms with Gasteiger partial charge in [-0.1, -0.05) is 0 Å². The van der Waals surface area contributed by atoms with Gasteiger partial charge in [0.25, 0.3) is 0 Å². The summed E-state index contributed by atoms with van der Waals surface area (Å²) in [4.78, 5) is 0. The van der Waals surface area contributed by atoms with Crippen molar-refractivity contribution in [3.63, 3.8) is 0 Å². The van der Waals surface area contributed by atoms with E-state index in [1.54, 1.807) is 6.07 Å². The topological polar surface area (TPSA) is 42.3 Å². The molecule has 0 aromatic heterocycles. The molecule has 61 valence electrons. The van der Waals surface area contributed by atoms with Gasteiger partial charge in [-0.25, -0.2) is 0 Å². The number of fused-ring (bicyclic) bond motifs is 1. The molecule has 1 aliphatic heterocycles. The molecule has 0 spiro atoms. The molecule has 0 amide bonds. The fourth-order valence-corrected chi connectivity index (χ4v) is 1.30. The first-order chi connectivity index (χ1) is 5.77. The minimum absolute atomic E-state index is 0.277. The third-order valence-corrected chi connectivity index (χ3v) is 2.13. The number of nitrogens with one attached hydrogen (secondary N) is 1. The molecule has 1 aliphatic rings. The standard InChI is InChI=1S/C8H6NO2Se/c9-8(12)5-1-2-6-7(3-5)11-4-10-6/h1-3,9H,4H2. The number of hydrogen-bond acceptors (Lipinski definition) is 3. The molecule has 0 fully saturated rings. The van der Waals surface area contributed by atoms with Crippen molar-refractivity contribution in [2.45, 2.75) is 0 Å². The molecule has 0 aliphatic carbocycles. The van der Waals surface area contributed by atoms with Crippen molar-refractivity contribution in [2.24, 2.45) is 0 Å². The zero-order valence-electron chi connectivity index (χ0n) is 6.16. The van der Waals surface area contributed by atoms with Crippen molar-refractivity contribution in [1.29, 1.82) is 5.41 Å². The average molecular weight is 227 g/mol. The molecular formula is C8H6NO2Se. The third-order valence-electron chi connectivity index (χ3n) is 1.63. The third kappa shape index (κ3) is 1.19. The SMILES string of the molecule is N=C([Se])c1ccc2c(c1)OCO2. The second-order valence-corrected chi connectivity index (χ2v) is 3.25. The molecule has 0 unspecified atom stereocenters. The average Bonchev–Trinajstić information content (AvgIpc) is 2.49. The molecule has 12 heavy (non-hydrogen) atoms. The summed E-state index contributed by atoms with van der Waals surface area (Å²) in [5.41, 5.74) is 0.819. The van der Waals surface area contributed by atoms with Gasteiger partial charge in [-0.3, -0.25) is 0 Å². The molecular weight excluding hydrogens is 221 g/mol. The van der Waals surface area contributed by atoms with Crippen molar-refractivity contribution in [3.8, 4) is 11.5 Å². The Morgan fingerprint density at radius 2 is 2.08 bits per heavy atom. The van der Waals surface area contributed by atoms with Crippen molar-refractivity contribution >= 4 is 20.6 Å². The Bertz CT molecular complexity index is 338. The van der Waals surface area contributed by atoms with Crippen molar-refractivity contribution in [1.82, 2.24) is 0 Å². The predicted octanol–water partition coefficient (Wildman–Crippen LogP) is 0.909. The van der Waals surface area contributed by atoms with E-state index >= 15 is 0 Å². The maximum absolute atomic E-state index is 7.35. The van der Waals surface area contributed by atoms with Crippen LogP contribution in [0.25, 0.3) is 0 Å². The van der Waals surface area contributed by atoms with Crippen LogP contribution in [0, 0.1) is 5.41 Å².